The van der Waals surface area contributed by atoms with Crippen molar-refractivity contribution in [3.05, 3.63) is 58.6 Å². The first-order valence-corrected chi connectivity index (χ1v) is 9.23. The molecular formula is C16H17N4NaO6S. The number of likely N-dealkylation sites (N-methyl/N-ethyl adjacent to an activating group) is 1. The molecule has 0 bridgehead atoms. The van der Waals surface area contributed by atoms with E-state index in [1.165, 1.54) is 24.3 Å². The molecule has 2 aromatic rings. The minimum absolute atomic E-state index is 0. The van der Waals surface area contributed by atoms with Crippen LogP contribution < -0.4 is 34.5 Å². The third kappa shape index (κ3) is 8.00. The first-order valence-electron chi connectivity index (χ1n) is 7.90. The fraction of sp³-hybridized carbons (Fsp3) is 0.250. The molecule has 10 nitrogen and oxygen atoms in total. The molecular weight excluding hydrogens is 399 g/mol. The smallest absolute Gasteiger partial charge is 0.726 e. The van der Waals surface area contributed by atoms with E-state index in [2.05, 4.69) is 14.4 Å². The van der Waals surface area contributed by atoms with E-state index < -0.39 is 15.3 Å². The van der Waals surface area contributed by atoms with Gasteiger partial charge in [-0.25, -0.2) is 8.42 Å². The number of azo groups is 1. The standard InChI is InChI=1S/C16H18N4O6S.Na/c1-2-19(11-12-26-27(23,24)25)15-7-3-13(4-8-15)17-18-14-5-9-16(10-6-14)20(21)22;/h3-10H,2,11-12H2,1H3,(H,23,24,25);/q;+1/p-1. The molecule has 0 saturated heterocycles. The van der Waals surface area contributed by atoms with Crippen molar-refractivity contribution in [3.8, 4) is 0 Å². The molecule has 0 aliphatic carbocycles. The Morgan fingerprint density at radius 1 is 1.04 bits per heavy atom. The second-order valence-corrected chi connectivity index (χ2v) is 6.35. The average molecular weight is 416 g/mol. The minimum Gasteiger partial charge on any atom is -0.726 e. The molecule has 0 amide bonds. The van der Waals surface area contributed by atoms with Gasteiger partial charge in [0.2, 0.25) is 10.4 Å². The molecule has 0 aliphatic rings. The maximum atomic E-state index is 10.6. The molecule has 0 saturated carbocycles. The fourth-order valence-electron chi connectivity index (χ4n) is 2.21. The average Bonchev–Trinajstić information content (AvgIpc) is 2.63. The van der Waals surface area contributed by atoms with Gasteiger partial charge in [0, 0.05) is 30.9 Å². The Labute approximate surface area is 184 Å². The van der Waals surface area contributed by atoms with E-state index >= 15 is 0 Å². The van der Waals surface area contributed by atoms with E-state index in [9.17, 15) is 23.1 Å². The van der Waals surface area contributed by atoms with Crippen LogP contribution in [0.5, 0.6) is 0 Å². The monoisotopic (exact) mass is 416 g/mol. The summed E-state index contributed by atoms with van der Waals surface area (Å²) >= 11 is 0. The molecule has 0 fully saturated rings. The van der Waals surface area contributed by atoms with Gasteiger partial charge in [-0.3, -0.25) is 14.3 Å². The van der Waals surface area contributed by atoms with Crippen molar-refractivity contribution in [3.63, 3.8) is 0 Å². The molecule has 28 heavy (non-hydrogen) atoms. The van der Waals surface area contributed by atoms with Crippen molar-refractivity contribution in [2.45, 2.75) is 6.92 Å². The third-order valence-electron chi connectivity index (χ3n) is 3.53. The van der Waals surface area contributed by atoms with Crippen LogP contribution in [0.4, 0.5) is 22.7 Å². The number of benzene rings is 2. The molecule has 2 rings (SSSR count). The van der Waals surface area contributed by atoms with Crippen LogP contribution in [-0.2, 0) is 14.6 Å². The predicted octanol–water partition coefficient (Wildman–Crippen LogP) is 0.317. The molecule has 0 N–H and O–H groups in total. The van der Waals surface area contributed by atoms with Gasteiger partial charge >= 0.3 is 29.6 Å². The Bertz CT molecular complexity index is 904. The van der Waals surface area contributed by atoms with Gasteiger partial charge in [0.25, 0.3) is 5.69 Å². The zero-order chi connectivity index (χ0) is 19.9. The number of hydrogen-bond acceptors (Lipinski definition) is 9. The van der Waals surface area contributed by atoms with Crippen LogP contribution in [0.1, 0.15) is 6.92 Å². The van der Waals surface area contributed by atoms with Crippen LogP contribution in [0.25, 0.3) is 0 Å². The van der Waals surface area contributed by atoms with E-state index in [0.717, 1.165) is 5.69 Å². The molecule has 0 atom stereocenters. The topological polar surface area (TPSA) is 138 Å². The Morgan fingerprint density at radius 3 is 1.96 bits per heavy atom. The third-order valence-corrected chi connectivity index (χ3v) is 3.98. The van der Waals surface area contributed by atoms with Gasteiger partial charge in [0.05, 0.1) is 22.9 Å². The van der Waals surface area contributed by atoms with Crippen molar-refractivity contribution in [2.75, 3.05) is 24.6 Å². The quantitative estimate of drug-likeness (QED) is 0.143. The molecule has 0 spiro atoms. The summed E-state index contributed by atoms with van der Waals surface area (Å²) < 4.78 is 35.6. The van der Waals surface area contributed by atoms with Crippen molar-refractivity contribution in [1.82, 2.24) is 0 Å². The van der Waals surface area contributed by atoms with Crippen molar-refractivity contribution in [1.29, 1.82) is 0 Å². The van der Waals surface area contributed by atoms with Gasteiger partial charge in [0.1, 0.15) is 0 Å². The number of rotatable bonds is 9. The molecule has 2 aromatic carbocycles. The summed E-state index contributed by atoms with van der Waals surface area (Å²) in [7, 11) is -4.70. The fourth-order valence-corrected chi connectivity index (χ4v) is 2.48. The number of nitro benzene ring substituents is 1. The van der Waals surface area contributed by atoms with Crippen LogP contribution in [0, 0.1) is 10.1 Å². The Kier molecular flexibility index (Phi) is 9.65. The van der Waals surface area contributed by atoms with Crippen molar-refractivity contribution < 1.29 is 51.6 Å². The first kappa shape index (κ1) is 24.1. The zero-order valence-corrected chi connectivity index (χ0v) is 18.2. The summed E-state index contributed by atoms with van der Waals surface area (Å²) in [4.78, 5) is 12.0. The van der Waals surface area contributed by atoms with Crippen molar-refractivity contribution in [2.24, 2.45) is 10.2 Å². The first-order chi connectivity index (χ1) is 12.8. The molecule has 0 heterocycles. The van der Waals surface area contributed by atoms with Gasteiger partial charge in [0.15, 0.2) is 0 Å². The Balaban J connectivity index is 0.00000392. The second kappa shape index (κ2) is 11.2. The van der Waals surface area contributed by atoms with E-state index in [4.69, 9.17) is 0 Å². The predicted molar refractivity (Wildman–Crippen MR) is 97.3 cm³/mol. The summed E-state index contributed by atoms with van der Waals surface area (Å²) in [5.74, 6) is 0. The van der Waals surface area contributed by atoms with E-state index in [1.807, 2.05) is 11.8 Å². The largest absolute Gasteiger partial charge is 1.00 e. The normalized spacial score (nSPS) is 11.2. The Hall–Kier alpha value is -1.89. The summed E-state index contributed by atoms with van der Waals surface area (Å²) in [6.07, 6.45) is 0. The maximum absolute atomic E-state index is 10.6. The molecule has 12 heteroatoms. The Morgan fingerprint density at radius 2 is 1.54 bits per heavy atom. The van der Waals surface area contributed by atoms with Gasteiger partial charge in [-0.15, -0.1) is 0 Å². The second-order valence-electron chi connectivity index (χ2n) is 5.30. The van der Waals surface area contributed by atoms with E-state index in [0.29, 0.717) is 17.9 Å². The van der Waals surface area contributed by atoms with Gasteiger partial charge in [-0.2, -0.15) is 10.2 Å². The molecule has 0 aliphatic heterocycles. The molecule has 0 unspecified atom stereocenters. The molecule has 0 aromatic heterocycles. The van der Waals surface area contributed by atoms with Gasteiger partial charge in [-0.1, -0.05) is 0 Å². The van der Waals surface area contributed by atoms with Crippen molar-refractivity contribution >= 4 is 33.1 Å². The zero-order valence-electron chi connectivity index (χ0n) is 15.4. The van der Waals surface area contributed by atoms with Gasteiger partial charge < -0.3 is 9.45 Å². The van der Waals surface area contributed by atoms with Crippen LogP contribution in [0.15, 0.2) is 58.8 Å². The number of non-ortho nitro benzene ring substituents is 1. The summed E-state index contributed by atoms with van der Waals surface area (Å²) in [5.41, 5.74) is 1.84. The summed E-state index contributed by atoms with van der Waals surface area (Å²) in [6, 6.07) is 12.7. The summed E-state index contributed by atoms with van der Waals surface area (Å²) in [6.45, 7) is 2.47. The summed E-state index contributed by atoms with van der Waals surface area (Å²) in [5, 5.41) is 18.7. The number of nitro groups is 1. The van der Waals surface area contributed by atoms with Crippen LogP contribution in [0.3, 0.4) is 0 Å². The van der Waals surface area contributed by atoms with Gasteiger partial charge in [-0.05, 0) is 43.3 Å². The minimum atomic E-state index is -4.70. The SMILES string of the molecule is CCN(CCOS(=O)(=O)[O-])c1ccc(N=Nc2ccc([N+](=O)[O-])cc2)cc1.[Na+]. The number of nitrogens with zero attached hydrogens (tertiary/aromatic N) is 4. The van der Waals surface area contributed by atoms with E-state index in [-0.39, 0.29) is 48.4 Å². The van der Waals surface area contributed by atoms with Crippen LogP contribution in [0.2, 0.25) is 0 Å². The van der Waals surface area contributed by atoms with E-state index in [1.54, 1.807) is 24.3 Å². The van der Waals surface area contributed by atoms with Crippen LogP contribution in [-0.4, -0.2) is 37.6 Å². The molecule has 0 radical (unpaired) electrons. The molecule has 144 valence electrons. The number of hydrogen-bond donors (Lipinski definition) is 0. The van der Waals surface area contributed by atoms with Crippen LogP contribution >= 0.6 is 0 Å². The maximum Gasteiger partial charge on any atom is 1.00 e. The number of anilines is 1.